The molecule has 0 aliphatic heterocycles. The molecule has 0 amide bonds. The molecule has 18 heavy (non-hydrogen) atoms. The van der Waals surface area contributed by atoms with Crippen molar-refractivity contribution in [1.29, 1.82) is 0 Å². The van der Waals surface area contributed by atoms with Crippen LogP contribution in [-0.4, -0.2) is 11.7 Å². The Hall–Kier alpha value is -1.54. The predicted octanol–water partition coefficient (Wildman–Crippen LogP) is 4.07. The molecule has 0 bridgehead atoms. The number of unbranched alkanes of at least 4 members (excludes halogenated alkanes) is 1. The lowest BCUT2D eigenvalue weighted by molar-refractivity contribution is 0.191. The van der Waals surface area contributed by atoms with Crippen molar-refractivity contribution in [3.05, 3.63) is 42.0 Å². The van der Waals surface area contributed by atoms with Gasteiger partial charge in [-0.2, -0.15) is 0 Å². The Morgan fingerprint density at radius 1 is 1.17 bits per heavy atom. The van der Waals surface area contributed by atoms with Crippen molar-refractivity contribution in [2.45, 2.75) is 32.8 Å². The van der Waals surface area contributed by atoms with Gasteiger partial charge in [0.2, 0.25) is 0 Å². The first-order valence-corrected chi connectivity index (χ1v) is 6.56. The van der Waals surface area contributed by atoms with Crippen LogP contribution in [0.2, 0.25) is 0 Å². The van der Waals surface area contributed by atoms with E-state index in [0.717, 1.165) is 34.9 Å². The third-order valence-electron chi connectivity index (χ3n) is 3.10. The molecular weight excluding hydrogens is 224 g/mol. The van der Waals surface area contributed by atoms with E-state index in [2.05, 4.69) is 13.0 Å². The van der Waals surface area contributed by atoms with E-state index in [0.29, 0.717) is 6.61 Å². The maximum atomic E-state index is 9.84. The minimum atomic E-state index is -0.508. The SMILES string of the molecule is CCCCOc1c(C(C)O)ccc2ccccc12. The largest absolute Gasteiger partial charge is 0.493 e. The van der Waals surface area contributed by atoms with Crippen molar-refractivity contribution in [3.8, 4) is 5.75 Å². The molecule has 0 saturated carbocycles. The molecule has 1 atom stereocenters. The molecule has 0 heterocycles. The second kappa shape index (κ2) is 5.87. The standard InChI is InChI=1S/C16H20O2/c1-3-4-11-18-16-14(12(2)17)10-9-13-7-5-6-8-15(13)16/h5-10,12,17H,3-4,11H2,1-2H3. The van der Waals surface area contributed by atoms with E-state index >= 15 is 0 Å². The van der Waals surface area contributed by atoms with Gasteiger partial charge in [-0.05, 0) is 18.7 Å². The molecule has 1 N–H and O–H groups in total. The smallest absolute Gasteiger partial charge is 0.132 e. The molecule has 0 aliphatic carbocycles. The lowest BCUT2D eigenvalue weighted by Gasteiger charge is -2.16. The summed E-state index contributed by atoms with van der Waals surface area (Å²) in [6.07, 6.45) is 1.63. The van der Waals surface area contributed by atoms with Gasteiger partial charge < -0.3 is 9.84 Å². The molecule has 2 aromatic rings. The second-order valence-corrected chi connectivity index (χ2v) is 4.58. The van der Waals surface area contributed by atoms with E-state index in [9.17, 15) is 5.11 Å². The molecule has 2 nitrogen and oxygen atoms in total. The average Bonchev–Trinajstić information content (AvgIpc) is 2.38. The number of fused-ring (bicyclic) bond motifs is 1. The number of rotatable bonds is 5. The van der Waals surface area contributed by atoms with Gasteiger partial charge in [0.25, 0.3) is 0 Å². The summed E-state index contributed by atoms with van der Waals surface area (Å²) in [7, 11) is 0. The Balaban J connectivity index is 2.45. The predicted molar refractivity (Wildman–Crippen MR) is 75.0 cm³/mol. The van der Waals surface area contributed by atoms with Crippen molar-refractivity contribution >= 4 is 10.8 Å². The summed E-state index contributed by atoms with van der Waals surface area (Å²) < 4.78 is 5.89. The molecule has 1 unspecified atom stereocenters. The monoisotopic (exact) mass is 244 g/mol. The molecule has 0 fully saturated rings. The second-order valence-electron chi connectivity index (χ2n) is 4.58. The highest BCUT2D eigenvalue weighted by atomic mass is 16.5. The van der Waals surface area contributed by atoms with E-state index in [1.54, 1.807) is 6.92 Å². The van der Waals surface area contributed by atoms with E-state index in [1.165, 1.54) is 0 Å². The topological polar surface area (TPSA) is 29.5 Å². The van der Waals surface area contributed by atoms with Gasteiger partial charge in [-0.3, -0.25) is 0 Å². The highest BCUT2D eigenvalue weighted by Gasteiger charge is 2.12. The van der Waals surface area contributed by atoms with Gasteiger partial charge in [0, 0.05) is 10.9 Å². The van der Waals surface area contributed by atoms with E-state index < -0.39 is 6.10 Å². The van der Waals surface area contributed by atoms with Crippen molar-refractivity contribution in [2.24, 2.45) is 0 Å². The molecule has 2 heteroatoms. The molecule has 0 aromatic heterocycles. The third kappa shape index (κ3) is 2.65. The van der Waals surface area contributed by atoms with Crippen molar-refractivity contribution in [3.63, 3.8) is 0 Å². The fourth-order valence-corrected chi connectivity index (χ4v) is 2.07. The molecule has 0 spiro atoms. The minimum Gasteiger partial charge on any atom is -0.493 e. The molecule has 0 radical (unpaired) electrons. The average molecular weight is 244 g/mol. The van der Waals surface area contributed by atoms with Gasteiger partial charge in [-0.25, -0.2) is 0 Å². The summed E-state index contributed by atoms with van der Waals surface area (Å²) in [5.74, 6) is 0.830. The van der Waals surface area contributed by atoms with Crippen LogP contribution in [0.1, 0.15) is 38.4 Å². The number of aliphatic hydroxyl groups excluding tert-OH is 1. The first kappa shape index (κ1) is 12.9. The van der Waals surface area contributed by atoms with Crippen LogP contribution in [0, 0.1) is 0 Å². The Kier molecular flexibility index (Phi) is 4.21. The molecule has 0 saturated heterocycles. The van der Waals surface area contributed by atoms with Crippen LogP contribution in [-0.2, 0) is 0 Å². The zero-order valence-electron chi connectivity index (χ0n) is 11.0. The van der Waals surface area contributed by atoms with Crippen LogP contribution in [0.3, 0.4) is 0 Å². The van der Waals surface area contributed by atoms with Gasteiger partial charge in [0.1, 0.15) is 5.75 Å². The summed E-state index contributed by atoms with van der Waals surface area (Å²) in [6, 6.07) is 12.1. The summed E-state index contributed by atoms with van der Waals surface area (Å²) >= 11 is 0. The lowest BCUT2D eigenvalue weighted by Crippen LogP contribution is -2.02. The van der Waals surface area contributed by atoms with Crippen LogP contribution >= 0.6 is 0 Å². The zero-order chi connectivity index (χ0) is 13.0. The van der Waals surface area contributed by atoms with E-state index in [1.807, 2.05) is 30.3 Å². The van der Waals surface area contributed by atoms with Gasteiger partial charge >= 0.3 is 0 Å². The normalized spacial score (nSPS) is 12.6. The lowest BCUT2D eigenvalue weighted by atomic mass is 10.0. The number of ether oxygens (including phenoxy) is 1. The van der Waals surface area contributed by atoms with E-state index in [4.69, 9.17) is 4.74 Å². The highest BCUT2D eigenvalue weighted by molar-refractivity contribution is 5.89. The zero-order valence-corrected chi connectivity index (χ0v) is 11.0. The minimum absolute atomic E-state index is 0.508. The maximum Gasteiger partial charge on any atom is 0.132 e. The number of hydrogen-bond acceptors (Lipinski definition) is 2. The Bertz CT molecular complexity index is 517. The molecular formula is C16H20O2. The molecule has 96 valence electrons. The third-order valence-corrected chi connectivity index (χ3v) is 3.10. The van der Waals surface area contributed by atoms with Gasteiger partial charge in [0.15, 0.2) is 0 Å². The van der Waals surface area contributed by atoms with Crippen molar-refractivity contribution < 1.29 is 9.84 Å². The van der Waals surface area contributed by atoms with Crippen LogP contribution in [0.4, 0.5) is 0 Å². The summed E-state index contributed by atoms with van der Waals surface area (Å²) in [5, 5.41) is 12.1. The molecule has 2 rings (SSSR count). The van der Waals surface area contributed by atoms with Crippen molar-refractivity contribution in [2.75, 3.05) is 6.61 Å². The van der Waals surface area contributed by atoms with Crippen molar-refractivity contribution in [1.82, 2.24) is 0 Å². The van der Waals surface area contributed by atoms with Crippen LogP contribution in [0.5, 0.6) is 5.75 Å². The van der Waals surface area contributed by atoms with Crippen LogP contribution in [0.25, 0.3) is 10.8 Å². The maximum absolute atomic E-state index is 9.84. The quantitative estimate of drug-likeness (QED) is 0.803. The first-order valence-electron chi connectivity index (χ1n) is 6.56. The summed E-state index contributed by atoms with van der Waals surface area (Å²) in [6.45, 7) is 4.61. The molecule has 2 aromatic carbocycles. The summed E-state index contributed by atoms with van der Waals surface area (Å²) in [5.41, 5.74) is 0.866. The fourth-order valence-electron chi connectivity index (χ4n) is 2.07. The van der Waals surface area contributed by atoms with Crippen LogP contribution < -0.4 is 4.74 Å². The Labute approximate surface area is 108 Å². The number of aliphatic hydroxyl groups is 1. The number of hydrogen-bond donors (Lipinski definition) is 1. The van der Waals surface area contributed by atoms with E-state index in [-0.39, 0.29) is 0 Å². The summed E-state index contributed by atoms with van der Waals surface area (Å²) in [4.78, 5) is 0. The van der Waals surface area contributed by atoms with Gasteiger partial charge in [0.05, 0.1) is 12.7 Å². The fraction of sp³-hybridized carbons (Fsp3) is 0.375. The first-order chi connectivity index (χ1) is 8.74. The Morgan fingerprint density at radius 2 is 1.94 bits per heavy atom. The van der Waals surface area contributed by atoms with Gasteiger partial charge in [-0.15, -0.1) is 0 Å². The number of benzene rings is 2. The molecule has 0 aliphatic rings. The van der Waals surface area contributed by atoms with Gasteiger partial charge in [-0.1, -0.05) is 49.7 Å². The van der Waals surface area contributed by atoms with Crippen LogP contribution in [0.15, 0.2) is 36.4 Å². The highest BCUT2D eigenvalue weighted by Crippen LogP contribution is 2.33. The Morgan fingerprint density at radius 3 is 2.67 bits per heavy atom.